The van der Waals surface area contributed by atoms with Gasteiger partial charge in [-0.05, 0) is 13.3 Å². The van der Waals surface area contributed by atoms with Gasteiger partial charge in [0.25, 0.3) is 0 Å². The zero-order chi connectivity index (χ0) is 12.5. The Kier molecular flexibility index (Phi) is 6.84. The van der Waals surface area contributed by atoms with E-state index < -0.39 is 0 Å². The maximum Gasteiger partial charge on any atom is 0.0638 e. The fourth-order valence-corrected chi connectivity index (χ4v) is 1.60. The average Bonchev–Trinajstić information content (AvgIpc) is 2.61. The number of nitrogens with one attached hydrogen (secondary N) is 1. The first-order valence-electron chi connectivity index (χ1n) is 6.00. The van der Waals surface area contributed by atoms with E-state index in [1.807, 2.05) is 24.9 Å². The molecular weight excluding hydrogens is 218 g/mol. The molecule has 1 N–H and O–H groups in total. The monoisotopic (exact) mass is 241 g/mol. The molecule has 0 aliphatic heterocycles. The predicted molar refractivity (Wildman–Crippen MR) is 67.0 cm³/mol. The lowest BCUT2D eigenvalue weighted by molar-refractivity contribution is 0.104. The van der Waals surface area contributed by atoms with Gasteiger partial charge in [0, 0.05) is 52.2 Å². The minimum absolute atomic E-state index is 0.739. The maximum atomic E-state index is 5.45. The Hall–Kier alpha value is -0.910. The van der Waals surface area contributed by atoms with Crippen molar-refractivity contribution in [1.29, 1.82) is 0 Å². The molecule has 17 heavy (non-hydrogen) atoms. The van der Waals surface area contributed by atoms with E-state index in [-0.39, 0.29) is 0 Å². The second-order valence-corrected chi connectivity index (χ2v) is 4.05. The topological polar surface area (TPSA) is 48.3 Å². The van der Waals surface area contributed by atoms with Gasteiger partial charge in [0.2, 0.25) is 0 Å². The summed E-state index contributed by atoms with van der Waals surface area (Å²) in [5.41, 5.74) is 2.33. The highest BCUT2D eigenvalue weighted by molar-refractivity contribution is 5.14. The largest absolute Gasteiger partial charge is 0.385 e. The average molecular weight is 241 g/mol. The zero-order valence-electron chi connectivity index (χ0n) is 11.0. The van der Waals surface area contributed by atoms with Crippen molar-refractivity contribution < 1.29 is 9.47 Å². The molecule has 1 aromatic rings. The van der Waals surface area contributed by atoms with Crippen LogP contribution in [0.5, 0.6) is 0 Å². The number of hydrogen-bond acceptors (Lipinski definition) is 4. The summed E-state index contributed by atoms with van der Waals surface area (Å²) in [5, 5.41) is 7.63. The number of aromatic nitrogens is 2. The molecule has 1 rings (SSSR count). The SMILES string of the molecule is COCCCOCCNCc1cn(C)nc1C. The quantitative estimate of drug-likeness (QED) is 0.652. The van der Waals surface area contributed by atoms with Crippen LogP contribution >= 0.6 is 0 Å². The summed E-state index contributed by atoms with van der Waals surface area (Å²) in [6, 6.07) is 0. The lowest BCUT2D eigenvalue weighted by atomic mass is 10.2. The van der Waals surface area contributed by atoms with E-state index in [0.29, 0.717) is 0 Å². The van der Waals surface area contributed by atoms with E-state index in [0.717, 1.165) is 45.0 Å². The molecule has 0 saturated carbocycles. The molecule has 0 saturated heterocycles. The molecular formula is C12H23N3O2. The van der Waals surface area contributed by atoms with Crippen molar-refractivity contribution in [2.24, 2.45) is 7.05 Å². The number of nitrogens with zero attached hydrogens (tertiary/aromatic N) is 2. The van der Waals surface area contributed by atoms with Crippen LogP contribution in [0, 0.1) is 6.92 Å². The highest BCUT2D eigenvalue weighted by Gasteiger charge is 2.01. The van der Waals surface area contributed by atoms with Crippen molar-refractivity contribution in [3.63, 3.8) is 0 Å². The lowest BCUT2D eigenvalue weighted by Gasteiger charge is -2.05. The molecule has 0 unspecified atom stereocenters. The van der Waals surface area contributed by atoms with Crippen molar-refractivity contribution in [1.82, 2.24) is 15.1 Å². The van der Waals surface area contributed by atoms with Crippen LogP contribution in [0.4, 0.5) is 0 Å². The number of ether oxygens (including phenoxy) is 2. The van der Waals surface area contributed by atoms with Crippen LogP contribution in [0.25, 0.3) is 0 Å². The van der Waals surface area contributed by atoms with E-state index in [1.165, 1.54) is 5.56 Å². The molecule has 98 valence electrons. The fourth-order valence-electron chi connectivity index (χ4n) is 1.60. The number of methoxy groups -OCH3 is 1. The van der Waals surface area contributed by atoms with Crippen LogP contribution in [0.15, 0.2) is 6.20 Å². The van der Waals surface area contributed by atoms with Crippen LogP contribution < -0.4 is 5.32 Å². The van der Waals surface area contributed by atoms with Crippen LogP contribution in [-0.4, -0.2) is 43.3 Å². The van der Waals surface area contributed by atoms with Gasteiger partial charge in [0.15, 0.2) is 0 Å². The first-order valence-corrected chi connectivity index (χ1v) is 6.00. The molecule has 0 radical (unpaired) electrons. The molecule has 0 amide bonds. The van der Waals surface area contributed by atoms with E-state index in [4.69, 9.17) is 9.47 Å². The fraction of sp³-hybridized carbons (Fsp3) is 0.750. The van der Waals surface area contributed by atoms with Crippen molar-refractivity contribution in [3.8, 4) is 0 Å². The van der Waals surface area contributed by atoms with Gasteiger partial charge >= 0.3 is 0 Å². The Bertz CT molecular complexity index is 313. The van der Waals surface area contributed by atoms with Crippen LogP contribution in [-0.2, 0) is 23.1 Å². The molecule has 5 nitrogen and oxygen atoms in total. The van der Waals surface area contributed by atoms with Gasteiger partial charge < -0.3 is 14.8 Å². The minimum atomic E-state index is 0.739. The zero-order valence-corrected chi connectivity index (χ0v) is 11.0. The summed E-state index contributed by atoms with van der Waals surface area (Å²) in [5.74, 6) is 0. The van der Waals surface area contributed by atoms with Crippen molar-refractivity contribution in [2.45, 2.75) is 19.9 Å². The van der Waals surface area contributed by atoms with Crippen molar-refractivity contribution >= 4 is 0 Å². The second-order valence-electron chi connectivity index (χ2n) is 4.05. The van der Waals surface area contributed by atoms with Crippen molar-refractivity contribution in [2.75, 3.05) is 33.5 Å². The standard InChI is InChI=1S/C12H23N3O2/c1-11-12(10-15(2)14-11)9-13-5-8-17-7-4-6-16-3/h10,13H,4-9H2,1-3H3. The van der Waals surface area contributed by atoms with Gasteiger partial charge in [-0.1, -0.05) is 0 Å². The third-order valence-electron chi connectivity index (χ3n) is 2.49. The Morgan fingerprint density at radius 2 is 2.18 bits per heavy atom. The molecule has 0 atom stereocenters. The highest BCUT2D eigenvalue weighted by Crippen LogP contribution is 2.03. The van der Waals surface area contributed by atoms with Crippen LogP contribution in [0.1, 0.15) is 17.7 Å². The van der Waals surface area contributed by atoms with Gasteiger partial charge in [0.1, 0.15) is 0 Å². The highest BCUT2D eigenvalue weighted by atomic mass is 16.5. The molecule has 1 heterocycles. The summed E-state index contributed by atoms with van der Waals surface area (Å²) in [4.78, 5) is 0. The Labute approximate surface area is 103 Å². The molecule has 5 heteroatoms. The third kappa shape index (κ3) is 5.81. The van der Waals surface area contributed by atoms with E-state index in [9.17, 15) is 0 Å². The van der Waals surface area contributed by atoms with Gasteiger partial charge in [-0.3, -0.25) is 4.68 Å². The number of rotatable bonds is 9. The predicted octanol–water partition coefficient (Wildman–Crippen LogP) is 0.871. The second kappa shape index (κ2) is 8.22. The third-order valence-corrected chi connectivity index (χ3v) is 2.49. The Balaban J connectivity index is 1.99. The summed E-state index contributed by atoms with van der Waals surface area (Å²) >= 11 is 0. The smallest absolute Gasteiger partial charge is 0.0638 e. The lowest BCUT2D eigenvalue weighted by Crippen LogP contribution is -2.19. The van der Waals surface area contributed by atoms with Gasteiger partial charge in [0.05, 0.1) is 12.3 Å². The molecule has 0 aliphatic carbocycles. The summed E-state index contributed by atoms with van der Waals surface area (Å²) in [6.45, 7) is 6.01. The first-order chi connectivity index (χ1) is 8.24. The molecule has 0 spiro atoms. The maximum absolute atomic E-state index is 5.45. The molecule has 1 aromatic heterocycles. The van der Waals surface area contributed by atoms with Crippen LogP contribution in [0.3, 0.4) is 0 Å². The summed E-state index contributed by atoms with van der Waals surface area (Å²) < 4.78 is 12.2. The molecule has 0 aromatic carbocycles. The number of aryl methyl sites for hydroxylation is 2. The molecule has 0 bridgehead atoms. The van der Waals surface area contributed by atoms with E-state index in [2.05, 4.69) is 10.4 Å². The summed E-state index contributed by atoms with van der Waals surface area (Å²) in [6.07, 6.45) is 3.00. The first kappa shape index (κ1) is 14.2. The molecule has 0 fully saturated rings. The van der Waals surface area contributed by atoms with Crippen molar-refractivity contribution in [3.05, 3.63) is 17.5 Å². The normalized spacial score (nSPS) is 11.0. The summed E-state index contributed by atoms with van der Waals surface area (Å²) in [7, 11) is 3.65. The van der Waals surface area contributed by atoms with E-state index >= 15 is 0 Å². The molecule has 0 aliphatic rings. The number of hydrogen-bond donors (Lipinski definition) is 1. The van der Waals surface area contributed by atoms with Gasteiger partial charge in [-0.2, -0.15) is 5.10 Å². The van der Waals surface area contributed by atoms with Crippen LogP contribution in [0.2, 0.25) is 0 Å². The Morgan fingerprint density at radius 3 is 2.82 bits per heavy atom. The van der Waals surface area contributed by atoms with E-state index in [1.54, 1.807) is 7.11 Å². The van der Waals surface area contributed by atoms with Gasteiger partial charge in [-0.15, -0.1) is 0 Å². The Morgan fingerprint density at radius 1 is 1.35 bits per heavy atom. The minimum Gasteiger partial charge on any atom is -0.385 e. The van der Waals surface area contributed by atoms with Gasteiger partial charge in [-0.25, -0.2) is 0 Å².